The Morgan fingerprint density at radius 3 is 0.673 bits per heavy atom. The van der Waals surface area contributed by atoms with E-state index in [9.17, 15) is 43.2 Å². The average Bonchev–Trinajstić information content (AvgIpc) is 0.895. The maximum absolute atomic E-state index is 13.2. The van der Waals surface area contributed by atoms with Crippen LogP contribution in [0.4, 0.5) is 0 Å². The highest BCUT2D eigenvalue weighted by Gasteiger charge is 2.31. The summed E-state index contributed by atoms with van der Waals surface area (Å²) in [5.41, 5.74) is 0. The van der Waals surface area contributed by atoms with Crippen molar-refractivity contribution in [1.29, 1.82) is 0 Å². The molecule has 0 saturated carbocycles. The fourth-order valence-electron chi connectivity index (χ4n) is 14.8. The van der Waals surface area contributed by atoms with Gasteiger partial charge in [0.2, 0.25) is 0 Å². The molecule has 0 amide bonds. The minimum Gasteiger partial charge on any atom is -0.462 e. The number of phosphoric ester groups is 2. The summed E-state index contributed by atoms with van der Waals surface area (Å²) < 4.78 is 69.2. The first-order valence-corrected chi connectivity index (χ1v) is 51.5. The second-order valence-corrected chi connectivity index (χ2v) is 37.4. The molecule has 672 valence electrons. The molecule has 0 aromatic heterocycles. The van der Waals surface area contributed by atoms with E-state index >= 15 is 0 Å². The van der Waals surface area contributed by atoms with Gasteiger partial charge in [0.15, 0.2) is 12.2 Å². The fraction of sp³-hybridized carbons (Fsp3) is 0.957. The Balaban J connectivity index is 5.24. The van der Waals surface area contributed by atoms with Crippen molar-refractivity contribution < 1.29 is 80.2 Å². The zero-order valence-corrected chi connectivity index (χ0v) is 76.5. The predicted octanol–water partition coefficient (Wildman–Crippen LogP) is 29.4. The van der Waals surface area contributed by atoms with Gasteiger partial charge in [0, 0.05) is 25.7 Å². The number of ether oxygens (including phenoxy) is 4. The van der Waals surface area contributed by atoms with Crippen molar-refractivity contribution >= 4 is 39.5 Å². The molecule has 19 heteroatoms. The van der Waals surface area contributed by atoms with Gasteiger partial charge in [-0.25, -0.2) is 9.13 Å². The fourth-order valence-corrected chi connectivity index (χ4v) is 16.4. The van der Waals surface area contributed by atoms with Crippen LogP contribution in [0.3, 0.4) is 0 Å². The molecule has 0 aromatic rings. The third kappa shape index (κ3) is 86.3. The highest BCUT2D eigenvalue weighted by molar-refractivity contribution is 7.47. The largest absolute Gasteiger partial charge is 0.472 e. The first-order chi connectivity index (χ1) is 54.9. The van der Waals surface area contributed by atoms with Gasteiger partial charge in [0.1, 0.15) is 19.3 Å². The molecule has 0 spiro atoms. The van der Waals surface area contributed by atoms with E-state index in [0.29, 0.717) is 25.7 Å². The van der Waals surface area contributed by atoms with Gasteiger partial charge in [-0.1, -0.05) is 459 Å². The van der Waals surface area contributed by atoms with E-state index in [0.717, 1.165) is 102 Å². The molecule has 0 bridgehead atoms. The Labute approximate surface area is 696 Å². The number of hydrogen-bond donors (Lipinski definition) is 3. The minimum atomic E-state index is -4.97. The number of phosphoric acid groups is 2. The van der Waals surface area contributed by atoms with Gasteiger partial charge in [0.05, 0.1) is 26.4 Å². The lowest BCUT2D eigenvalue weighted by atomic mass is 9.99. The molecule has 6 atom stereocenters. The van der Waals surface area contributed by atoms with Crippen molar-refractivity contribution in [2.45, 2.75) is 529 Å². The van der Waals surface area contributed by atoms with Crippen molar-refractivity contribution in [3.8, 4) is 0 Å². The van der Waals surface area contributed by atoms with Crippen LogP contribution in [0, 0.1) is 11.8 Å². The molecule has 0 aliphatic carbocycles. The van der Waals surface area contributed by atoms with Gasteiger partial charge in [-0.15, -0.1) is 0 Å². The second kappa shape index (κ2) is 85.1. The summed E-state index contributed by atoms with van der Waals surface area (Å²) in [7, 11) is -9.94. The van der Waals surface area contributed by atoms with Gasteiger partial charge in [-0.05, 0) is 37.5 Å². The molecular formula is C94H184O17P2. The summed E-state index contributed by atoms with van der Waals surface area (Å²) in [6.07, 6.45) is 80.7. The molecular weight excluding hydrogens is 1460 g/mol. The molecule has 3 N–H and O–H groups in total. The van der Waals surface area contributed by atoms with E-state index in [1.165, 1.54) is 327 Å². The van der Waals surface area contributed by atoms with E-state index in [4.69, 9.17) is 37.0 Å². The number of carbonyl (C=O) groups excluding carboxylic acids is 4. The molecule has 113 heavy (non-hydrogen) atoms. The zero-order valence-electron chi connectivity index (χ0n) is 74.7. The van der Waals surface area contributed by atoms with E-state index in [1.54, 1.807) is 0 Å². The van der Waals surface area contributed by atoms with Crippen molar-refractivity contribution in [1.82, 2.24) is 0 Å². The molecule has 17 nitrogen and oxygen atoms in total. The monoisotopic (exact) mass is 1650 g/mol. The first kappa shape index (κ1) is 111. The molecule has 0 aliphatic heterocycles. The van der Waals surface area contributed by atoms with Gasteiger partial charge in [-0.2, -0.15) is 0 Å². The van der Waals surface area contributed by atoms with Crippen LogP contribution in [0.5, 0.6) is 0 Å². The van der Waals surface area contributed by atoms with Gasteiger partial charge < -0.3 is 33.8 Å². The number of hydrogen-bond acceptors (Lipinski definition) is 15. The Morgan fingerprint density at radius 2 is 0.451 bits per heavy atom. The van der Waals surface area contributed by atoms with Crippen LogP contribution >= 0.6 is 15.6 Å². The third-order valence-corrected chi connectivity index (χ3v) is 24.5. The van der Waals surface area contributed by atoms with E-state index in [1.807, 2.05) is 0 Å². The molecule has 0 radical (unpaired) electrons. The Kier molecular flexibility index (Phi) is 83.6. The highest BCUT2D eigenvalue weighted by atomic mass is 31.2. The molecule has 0 saturated heterocycles. The third-order valence-electron chi connectivity index (χ3n) is 22.6. The van der Waals surface area contributed by atoms with E-state index in [-0.39, 0.29) is 25.7 Å². The van der Waals surface area contributed by atoms with Crippen molar-refractivity contribution in [2.75, 3.05) is 39.6 Å². The van der Waals surface area contributed by atoms with Crippen molar-refractivity contribution in [3.05, 3.63) is 0 Å². The van der Waals surface area contributed by atoms with Crippen LogP contribution in [0.2, 0.25) is 0 Å². The quantitative estimate of drug-likeness (QED) is 0.0222. The Hall–Kier alpha value is -1.94. The topological polar surface area (TPSA) is 237 Å². The summed E-state index contributed by atoms with van der Waals surface area (Å²) in [4.78, 5) is 73.5. The van der Waals surface area contributed by atoms with Crippen LogP contribution in [0.25, 0.3) is 0 Å². The van der Waals surface area contributed by atoms with Crippen LogP contribution in [-0.4, -0.2) is 96.7 Å². The average molecular weight is 1650 g/mol. The zero-order chi connectivity index (χ0) is 82.7. The Morgan fingerprint density at radius 1 is 0.257 bits per heavy atom. The van der Waals surface area contributed by atoms with E-state index < -0.39 is 97.5 Å². The van der Waals surface area contributed by atoms with Gasteiger partial charge >= 0.3 is 39.5 Å². The normalized spacial score (nSPS) is 13.9. The van der Waals surface area contributed by atoms with Crippen LogP contribution in [0.15, 0.2) is 0 Å². The lowest BCUT2D eigenvalue weighted by molar-refractivity contribution is -0.161. The number of aliphatic hydroxyl groups is 1. The lowest BCUT2D eigenvalue weighted by Crippen LogP contribution is -2.30. The molecule has 0 fully saturated rings. The molecule has 3 unspecified atom stereocenters. The lowest BCUT2D eigenvalue weighted by Gasteiger charge is -2.21. The van der Waals surface area contributed by atoms with E-state index in [2.05, 4.69) is 41.5 Å². The minimum absolute atomic E-state index is 0.108. The smallest absolute Gasteiger partial charge is 0.462 e. The summed E-state index contributed by atoms with van der Waals surface area (Å²) in [6, 6.07) is 0. The molecule has 0 aliphatic rings. The Bertz CT molecular complexity index is 2150. The number of unbranched alkanes of at least 4 members (excludes halogenated alkanes) is 62. The van der Waals surface area contributed by atoms with Crippen molar-refractivity contribution in [3.63, 3.8) is 0 Å². The molecule has 0 aromatic carbocycles. The highest BCUT2D eigenvalue weighted by Crippen LogP contribution is 2.45. The van der Waals surface area contributed by atoms with Crippen LogP contribution in [-0.2, 0) is 65.4 Å². The number of carbonyl (C=O) groups is 4. The first-order valence-electron chi connectivity index (χ1n) is 48.5. The summed E-state index contributed by atoms with van der Waals surface area (Å²) in [6.45, 7) is 9.75. The van der Waals surface area contributed by atoms with Crippen molar-refractivity contribution in [2.24, 2.45) is 11.8 Å². The summed E-state index contributed by atoms with van der Waals surface area (Å²) in [5, 5.41) is 10.7. The van der Waals surface area contributed by atoms with Crippen LogP contribution < -0.4 is 0 Å². The maximum atomic E-state index is 13.2. The number of esters is 4. The molecule has 0 rings (SSSR count). The predicted molar refractivity (Wildman–Crippen MR) is 469 cm³/mol. The second-order valence-electron chi connectivity index (χ2n) is 34.5. The summed E-state index contributed by atoms with van der Waals surface area (Å²) in [5.74, 6) is -0.507. The van der Waals surface area contributed by atoms with Gasteiger partial charge in [-0.3, -0.25) is 37.3 Å². The SMILES string of the molecule is CCCCCCCCCCCCCCCCCCCCCCCCC(=O)O[C@H](COC(=O)CCCCCCCCCCCCCCCCCCCCCC)COP(=O)(O)OC[C@@H](O)COP(=O)(O)OC[C@@H](COC(=O)CCCCCCCCCCC(C)CC)OC(=O)CCCCCCCCCCCCCCCCCCC(C)C. The molecule has 0 heterocycles. The van der Waals surface area contributed by atoms with Gasteiger partial charge in [0.25, 0.3) is 0 Å². The number of aliphatic hydroxyl groups excluding tert-OH is 1. The maximum Gasteiger partial charge on any atom is 0.472 e. The standard InChI is InChI=1S/C94H184O17P2/c1-7-10-12-14-16-18-20-22-24-26-28-30-31-33-35-40-44-48-52-60-66-72-78-93(98)110-89(82-104-91(96)76-70-64-58-51-47-43-39-34-32-29-27-25-23-21-19-17-15-13-11-8-2)84-108-112(100,101)106-80-88(95)81-107-113(102,103)109-85-90(83-105-92(97)77-71-65-59-55-54-57-63-69-75-87(6)9-3)111-94(99)79-73-67-61-53-49-45-41-37-36-38-42-46-50-56-62-68-74-86(4)5/h86-90,95H,7-85H2,1-6H3,(H,100,101)(H,102,103)/t87?,88-,89-,90-/m1/s1. The number of rotatable bonds is 93. The van der Waals surface area contributed by atoms with Crippen LogP contribution in [0.1, 0.15) is 510 Å². The summed E-state index contributed by atoms with van der Waals surface area (Å²) >= 11 is 0.